The Hall–Kier alpha value is -1.81. The van der Waals surface area contributed by atoms with Gasteiger partial charge in [-0.2, -0.15) is 0 Å². The Morgan fingerprint density at radius 3 is 2.42 bits per heavy atom. The van der Waals surface area contributed by atoms with Crippen molar-refractivity contribution in [3.63, 3.8) is 0 Å². The molecular formula is C29H44NO3+. The lowest BCUT2D eigenvalue weighted by atomic mass is 9.83. The summed E-state index contributed by atoms with van der Waals surface area (Å²) in [6, 6.07) is 3.94. The maximum atomic E-state index is 11.1. The summed E-state index contributed by atoms with van der Waals surface area (Å²) in [4.78, 5) is 13.8. The van der Waals surface area contributed by atoms with E-state index >= 15 is 0 Å². The summed E-state index contributed by atoms with van der Waals surface area (Å²) in [6.45, 7) is 6.27. The van der Waals surface area contributed by atoms with Crippen molar-refractivity contribution >= 4 is 5.78 Å². The van der Waals surface area contributed by atoms with Crippen LogP contribution in [0.3, 0.4) is 0 Å². The minimum atomic E-state index is 0.426. The molecule has 1 heterocycles. The van der Waals surface area contributed by atoms with Crippen molar-refractivity contribution in [2.24, 2.45) is 17.8 Å². The third-order valence-corrected chi connectivity index (χ3v) is 8.30. The number of hydrogen-bond acceptors (Lipinski definition) is 3. The Kier molecular flexibility index (Phi) is 8.51. The maximum Gasteiger partial charge on any atom is 0.350 e. The lowest BCUT2D eigenvalue weighted by Crippen LogP contribution is -2.35. The average molecular weight is 455 g/mol. The van der Waals surface area contributed by atoms with Crippen LogP contribution in [0.15, 0.2) is 23.8 Å². The molecule has 2 aliphatic carbocycles. The van der Waals surface area contributed by atoms with Gasteiger partial charge >= 0.3 is 5.78 Å². The van der Waals surface area contributed by atoms with E-state index in [0.29, 0.717) is 17.5 Å². The molecule has 2 atom stereocenters. The molecule has 0 bridgehead atoms. The third kappa shape index (κ3) is 6.20. The Morgan fingerprint density at radius 1 is 0.939 bits per heavy atom. The predicted octanol–water partition coefficient (Wildman–Crippen LogP) is 6.18. The third-order valence-electron chi connectivity index (χ3n) is 8.30. The van der Waals surface area contributed by atoms with Crippen molar-refractivity contribution in [1.29, 1.82) is 0 Å². The molecule has 4 heteroatoms. The summed E-state index contributed by atoms with van der Waals surface area (Å²) >= 11 is 0. The van der Waals surface area contributed by atoms with Crippen LogP contribution < -0.4 is 9.47 Å². The first-order valence-electron chi connectivity index (χ1n) is 13.3. The summed E-state index contributed by atoms with van der Waals surface area (Å²) < 4.78 is 10.9. The van der Waals surface area contributed by atoms with Gasteiger partial charge in [-0.3, -0.25) is 4.79 Å². The Labute approximate surface area is 200 Å². The zero-order valence-corrected chi connectivity index (χ0v) is 21.1. The fourth-order valence-electron chi connectivity index (χ4n) is 6.23. The van der Waals surface area contributed by atoms with E-state index in [1.54, 1.807) is 14.2 Å². The number of allylic oxidation sites excluding steroid dienone is 2. The van der Waals surface area contributed by atoms with Gasteiger partial charge in [-0.25, -0.2) is 0 Å². The Morgan fingerprint density at radius 2 is 1.67 bits per heavy atom. The smallest absolute Gasteiger partial charge is 0.350 e. The minimum Gasteiger partial charge on any atom is -0.493 e. The van der Waals surface area contributed by atoms with E-state index in [-0.39, 0.29) is 0 Å². The second-order valence-corrected chi connectivity index (χ2v) is 10.8. The number of hydrogen-bond donors (Lipinski definition) is 0. The van der Waals surface area contributed by atoms with E-state index in [4.69, 9.17) is 9.47 Å². The first-order chi connectivity index (χ1) is 16.1. The highest BCUT2D eigenvalue weighted by Crippen LogP contribution is 2.36. The van der Waals surface area contributed by atoms with Crippen molar-refractivity contribution in [2.45, 2.75) is 77.6 Å². The van der Waals surface area contributed by atoms with Gasteiger partial charge in [0.1, 0.15) is 0 Å². The van der Waals surface area contributed by atoms with Gasteiger partial charge in [0.2, 0.25) is 0 Å². The number of nitrogens with zero attached hydrogens (tertiary/aromatic N) is 1. The highest BCUT2D eigenvalue weighted by atomic mass is 16.5. The standard InChI is InChI=1S/C29H43NO3/c1-21-13-15-30(20-23-7-5-4-6-8-23)16-14-22(17-21)9-10-24-11-12-25-18-27(32-2)28(33-3)19-26(25)29(24)31/h10,18-19,21-23H,4-9,11-17,20H2,1-3H3/p+1/b24-10-/t21-,22-/m0/s1. The van der Waals surface area contributed by atoms with Crippen LogP contribution in [0.5, 0.6) is 11.5 Å². The Balaban J connectivity index is 1.38. The monoisotopic (exact) mass is 454 g/mol. The van der Waals surface area contributed by atoms with Gasteiger partial charge in [-0.05, 0) is 93.8 Å². The molecule has 1 aromatic rings. The number of ketones is 1. The molecule has 3 aliphatic rings. The largest absolute Gasteiger partial charge is 0.493 e. The summed E-state index contributed by atoms with van der Waals surface area (Å²) in [7, 11) is 3.31. The molecule has 182 valence electrons. The molecule has 0 aromatic heterocycles. The molecule has 1 saturated carbocycles. The van der Waals surface area contributed by atoms with E-state index in [1.165, 1.54) is 71.0 Å². The van der Waals surface area contributed by atoms with Gasteiger partial charge in [0.15, 0.2) is 11.5 Å². The summed E-state index contributed by atoms with van der Waals surface area (Å²) in [5.74, 6) is 4.26. The van der Waals surface area contributed by atoms with E-state index in [1.807, 2.05) is 12.1 Å². The average Bonchev–Trinajstić information content (AvgIpc) is 2.83. The molecular weight excluding hydrogens is 410 g/mol. The number of carbonyl (C=O) groups excluding carboxylic acids is 1. The molecule has 33 heavy (non-hydrogen) atoms. The van der Waals surface area contributed by atoms with Crippen LogP contribution in [0.2, 0.25) is 0 Å². The van der Waals surface area contributed by atoms with E-state index in [2.05, 4.69) is 17.9 Å². The zero-order chi connectivity index (χ0) is 23.2. The number of aryl methyl sites for hydroxylation is 1. The lowest BCUT2D eigenvalue weighted by Gasteiger charge is -2.34. The van der Waals surface area contributed by atoms with Crippen molar-refractivity contribution in [2.75, 3.05) is 33.9 Å². The van der Waals surface area contributed by atoms with Crippen molar-refractivity contribution in [1.82, 2.24) is 4.90 Å². The highest BCUT2D eigenvalue weighted by Gasteiger charge is 2.30. The highest BCUT2D eigenvalue weighted by molar-refractivity contribution is 6.11. The van der Waals surface area contributed by atoms with Gasteiger partial charge < -0.3 is 14.4 Å². The summed E-state index contributed by atoms with van der Waals surface area (Å²) in [5.41, 5.74) is 3.14. The molecule has 1 saturated heterocycles. The first kappa shape index (κ1) is 24.3. The van der Waals surface area contributed by atoms with Crippen LogP contribution in [0.1, 0.15) is 82.3 Å². The fourth-order valence-corrected chi connectivity index (χ4v) is 6.23. The molecule has 1 aromatic carbocycles. The van der Waals surface area contributed by atoms with Crippen molar-refractivity contribution in [3.05, 3.63) is 34.9 Å². The number of fused-ring (bicyclic) bond motifs is 1. The van der Waals surface area contributed by atoms with E-state index in [0.717, 1.165) is 53.5 Å². The second kappa shape index (κ2) is 11.6. The maximum absolute atomic E-state index is 11.1. The first-order valence-corrected chi connectivity index (χ1v) is 13.3. The number of methoxy groups -OCH3 is 2. The number of benzene rings is 1. The molecule has 1 aliphatic heterocycles. The van der Waals surface area contributed by atoms with Crippen LogP contribution in [0.4, 0.5) is 0 Å². The molecule has 0 amide bonds. The Bertz CT molecular complexity index is 840. The molecule has 4 rings (SSSR count). The van der Waals surface area contributed by atoms with Crippen LogP contribution in [0, 0.1) is 17.8 Å². The van der Waals surface area contributed by atoms with Gasteiger partial charge in [0.05, 0.1) is 25.4 Å². The molecule has 0 spiro atoms. The van der Waals surface area contributed by atoms with Crippen LogP contribution in [-0.2, 0) is 6.42 Å². The second-order valence-electron chi connectivity index (χ2n) is 10.8. The molecule has 1 N–H and O–H groups in total. The van der Waals surface area contributed by atoms with Crippen LogP contribution in [-0.4, -0.2) is 49.3 Å². The minimum absolute atomic E-state index is 0.426. The van der Waals surface area contributed by atoms with Crippen LogP contribution >= 0.6 is 0 Å². The van der Waals surface area contributed by atoms with Crippen molar-refractivity contribution < 1.29 is 14.3 Å². The van der Waals surface area contributed by atoms with E-state index in [9.17, 15) is 4.79 Å². The van der Waals surface area contributed by atoms with Gasteiger partial charge in [-0.15, -0.1) is 0 Å². The number of rotatable bonds is 6. The number of ether oxygens (including phenoxy) is 2. The molecule has 0 unspecified atom stereocenters. The van der Waals surface area contributed by atoms with Crippen LogP contribution in [0.25, 0.3) is 0 Å². The molecule has 2 fully saturated rings. The van der Waals surface area contributed by atoms with Gasteiger partial charge in [-0.1, -0.05) is 32.3 Å². The van der Waals surface area contributed by atoms with E-state index < -0.39 is 0 Å². The molecule has 0 radical (unpaired) electrons. The number of likely N-dealkylation sites (tertiary alicyclic amines) is 1. The van der Waals surface area contributed by atoms with Gasteiger partial charge in [0.25, 0.3) is 0 Å². The topological polar surface area (TPSA) is 43.1 Å². The SMILES string of the molecule is COc1cc2c(cc1OC)C(=[OH+])/C(=C\C[C@H]1CCN(CC3CCCCC3)CC[C@H](C)C1)CC2. The lowest BCUT2D eigenvalue weighted by molar-refractivity contribution is 0.156. The fraction of sp³-hybridized carbons (Fsp3) is 0.690. The van der Waals surface area contributed by atoms with Crippen molar-refractivity contribution in [3.8, 4) is 11.5 Å². The van der Waals surface area contributed by atoms with Gasteiger partial charge in [0, 0.05) is 12.6 Å². The summed E-state index contributed by atoms with van der Waals surface area (Å²) in [5, 5.41) is 0. The predicted molar refractivity (Wildman–Crippen MR) is 136 cm³/mol. The quantitative estimate of drug-likeness (QED) is 0.381. The zero-order valence-electron chi connectivity index (χ0n) is 21.1. The molecule has 4 nitrogen and oxygen atoms in total. The normalized spacial score (nSPS) is 26.5. The summed E-state index contributed by atoms with van der Waals surface area (Å²) in [6.07, 6.45) is 16.3.